The van der Waals surface area contributed by atoms with Crippen molar-refractivity contribution >= 4 is 41.4 Å². The number of esters is 1. The van der Waals surface area contributed by atoms with Crippen LogP contribution in [-0.4, -0.2) is 17.5 Å². The SMILES string of the molecule is CC(=O)C(CC[C@@H](C)[C@H](OC(=O)c1ccccc1P(c1ccccc1)c1ccccc1)c1ccccc1)C(C)=O. The Morgan fingerprint density at radius 1 is 0.650 bits per heavy atom. The number of benzene rings is 4. The van der Waals surface area contributed by atoms with Gasteiger partial charge in [0.25, 0.3) is 0 Å². The van der Waals surface area contributed by atoms with Gasteiger partial charge in [-0.2, -0.15) is 0 Å². The van der Waals surface area contributed by atoms with Gasteiger partial charge in [-0.15, -0.1) is 0 Å². The molecule has 4 aromatic carbocycles. The molecule has 0 aliphatic rings. The summed E-state index contributed by atoms with van der Waals surface area (Å²) in [6.45, 7) is 4.93. The fourth-order valence-corrected chi connectivity index (χ4v) is 7.47. The summed E-state index contributed by atoms with van der Waals surface area (Å²) in [7, 11) is -1.000. The summed E-state index contributed by atoms with van der Waals surface area (Å²) in [5, 5.41) is 3.24. The van der Waals surface area contributed by atoms with Crippen LogP contribution in [0.1, 0.15) is 55.6 Å². The number of ether oxygens (including phenoxy) is 1. The normalized spacial score (nSPS) is 12.6. The lowest BCUT2D eigenvalue weighted by Crippen LogP contribution is -2.27. The van der Waals surface area contributed by atoms with Crippen LogP contribution in [0, 0.1) is 11.8 Å². The highest BCUT2D eigenvalue weighted by atomic mass is 31.1. The van der Waals surface area contributed by atoms with Crippen molar-refractivity contribution in [1.82, 2.24) is 0 Å². The second kappa shape index (κ2) is 14.0. The Bertz CT molecular complexity index is 1370. The van der Waals surface area contributed by atoms with E-state index in [1.54, 1.807) is 0 Å². The molecule has 0 saturated carbocycles. The molecule has 4 rings (SSSR count). The summed E-state index contributed by atoms with van der Waals surface area (Å²) in [5.74, 6) is -1.38. The first-order chi connectivity index (χ1) is 19.4. The molecule has 4 nitrogen and oxygen atoms in total. The van der Waals surface area contributed by atoms with Crippen LogP contribution in [-0.2, 0) is 14.3 Å². The lowest BCUT2D eigenvalue weighted by Gasteiger charge is -2.27. The van der Waals surface area contributed by atoms with E-state index in [4.69, 9.17) is 4.74 Å². The van der Waals surface area contributed by atoms with Gasteiger partial charge in [0.1, 0.15) is 17.7 Å². The lowest BCUT2D eigenvalue weighted by atomic mass is 9.87. The molecular formula is C35H35O4P. The third-order valence-electron chi connectivity index (χ3n) is 7.16. The Kier molecular flexibility index (Phi) is 10.2. The molecule has 4 aromatic rings. The highest BCUT2D eigenvalue weighted by Crippen LogP contribution is 2.36. The molecule has 0 aliphatic heterocycles. The Hall–Kier alpha value is -3.88. The molecule has 0 bridgehead atoms. The molecule has 0 amide bonds. The fourth-order valence-electron chi connectivity index (χ4n) is 5.03. The Balaban J connectivity index is 1.67. The maximum absolute atomic E-state index is 14.0. The van der Waals surface area contributed by atoms with E-state index in [0.717, 1.165) is 21.5 Å². The third kappa shape index (κ3) is 7.20. The molecule has 0 unspecified atom stereocenters. The topological polar surface area (TPSA) is 60.4 Å². The maximum atomic E-state index is 14.0. The predicted molar refractivity (Wildman–Crippen MR) is 163 cm³/mol. The molecule has 0 spiro atoms. The van der Waals surface area contributed by atoms with Crippen molar-refractivity contribution in [3.05, 3.63) is 126 Å². The average molecular weight is 551 g/mol. The van der Waals surface area contributed by atoms with E-state index in [9.17, 15) is 14.4 Å². The van der Waals surface area contributed by atoms with E-state index in [2.05, 4.69) is 24.3 Å². The van der Waals surface area contributed by atoms with Gasteiger partial charge in [-0.05, 0) is 68.1 Å². The summed E-state index contributed by atoms with van der Waals surface area (Å²) in [6.07, 6.45) is 0.469. The lowest BCUT2D eigenvalue weighted by molar-refractivity contribution is -0.130. The summed E-state index contributed by atoms with van der Waals surface area (Å²) >= 11 is 0. The van der Waals surface area contributed by atoms with Crippen molar-refractivity contribution in [2.45, 2.75) is 39.7 Å². The molecule has 40 heavy (non-hydrogen) atoms. The summed E-state index contributed by atoms with van der Waals surface area (Å²) in [4.78, 5) is 38.0. The highest BCUT2D eigenvalue weighted by molar-refractivity contribution is 7.80. The molecule has 0 N–H and O–H groups in total. The smallest absolute Gasteiger partial charge is 0.339 e. The minimum Gasteiger partial charge on any atom is -0.454 e. The molecule has 0 fully saturated rings. The van der Waals surface area contributed by atoms with Crippen LogP contribution < -0.4 is 15.9 Å². The van der Waals surface area contributed by atoms with Gasteiger partial charge in [0, 0.05) is 0 Å². The van der Waals surface area contributed by atoms with Gasteiger partial charge >= 0.3 is 5.97 Å². The zero-order chi connectivity index (χ0) is 28.5. The number of carbonyl (C=O) groups is 3. The van der Waals surface area contributed by atoms with Crippen molar-refractivity contribution in [2.24, 2.45) is 11.8 Å². The first-order valence-electron chi connectivity index (χ1n) is 13.6. The quantitative estimate of drug-likeness (QED) is 0.114. The standard InChI is InChI=1S/C35H35O4P/c1-25(23-24-31(26(2)36)27(3)37)34(28-15-7-4-8-16-28)39-35(38)32-21-13-14-22-33(32)40(29-17-9-5-10-18-29)30-19-11-6-12-20-30/h4-22,25,31,34H,23-24H2,1-3H3/t25-,34+/m1/s1. The molecule has 204 valence electrons. The highest BCUT2D eigenvalue weighted by Gasteiger charge is 2.29. The number of hydrogen-bond acceptors (Lipinski definition) is 4. The molecule has 0 heterocycles. The van der Waals surface area contributed by atoms with Crippen molar-refractivity contribution in [1.29, 1.82) is 0 Å². The second-order valence-electron chi connectivity index (χ2n) is 10.1. The van der Waals surface area contributed by atoms with E-state index in [1.807, 2.05) is 97.9 Å². The molecule has 5 heteroatoms. The fraction of sp³-hybridized carbons (Fsp3) is 0.229. The molecule has 0 saturated heterocycles. The molecule has 2 atom stereocenters. The Morgan fingerprint density at radius 3 is 1.65 bits per heavy atom. The second-order valence-corrected chi connectivity index (χ2v) is 12.3. The van der Waals surface area contributed by atoms with Crippen LogP contribution in [0.2, 0.25) is 0 Å². The van der Waals surface area contributed by atoms with E-state index >= 15 is 0 Å². The van der Waals surface area contributed by atoms with Crippen LogP contribution in [0.15, 0.2) is 115 Å². The van der Waals surface area contributed by atoms with Crippen molar-refractivity contribution < 1.29 is 19.1 Å². The average Bonchev–Trinajstić information content (AvgIpc) is 2.97. The molecule has 0 radical (unpaired) electrons. The molecule has 0 aromatic heterocycles. The van der Waals surface area contributed by atoms with Gasteiger partial charge in [-0.25, -0.2) is 4.79 Å². The first kappa shape index (κ1) is 29.1. The number of Topliss-reactive ketones (excluding diaryl/α,β-unsaturated/α-hetero) is 2. The van der Waals surface area contributed by atoms with E-state index < -0.39 is 19.9 Å². The van der Waals surface area contributed by atoms with Gasteiger partial charge in [0.05, 0.1) is 11.5 Å². The monoisotopic (exact) mass is 550 g/mol. The predicted octanol–water partition coefficient (Wildman–Crippen LogP) is 6.55. The number of ketones is 2. The van der Waals surface area contributed by atoms with Crippen LogP contribution in [0.5, 0.6) is 0 Å². The van der Waals surface area contributed by atoms with E-state index in [1.165, 1.54) is 13.8 Å². The molecular weight excluding hydrogens is 515 g/mol. The number of rotatable bonds is 12. The van der Waals surface area contributed by atoms with Gasteiger partial charge in [0.15, 0.2) is 0 Å². The first-order valence-corrected chi connectivity index (χ1v) is 15.0. The van der Waals surface area contributed by atoms with E-state index in [0.29, 0.717) is 18.4 Å². The summed E-state index contributed by atoms with van der Waals surface area (Å²) in [5.41, 5.74) is 1.43. The van der Waals surface area contributed by atoms with Crippen LogP contribution >= 0.6 is 7.92 Å². The van der Waals surface area contributed by atoms with Crippen molar-refractivity contribution in [3.63, 3.8) is 0 Å². The van der Waals surface area contributed by atoms with Gasteiger partial charge in [0.2, 0.25) is 0 Å². The minimum absolute atomic E-state index is 0.107. The van der Waals surface area contributed by atoms with Crippen LogP contribution in [0.4, 0.5) is 0 Å². The maximum Gasteiger partial charge on any atom is 0.339 e. The molecule has 0 aliphatic carbocycles. The Morgan fingerprint density at radius 2 is 1.12 bits per heavy atom. The Labute approximate surface area is 238 Å². The van der Waals surface area contributed by atoms with Crippen molar-refractivity contribution in [3.8, 4) is 0 Å². The zero-order valence-corrected chi connectivity index (χ0v) is 24.1. The van der Waals surface area contributed by atoms with Gasteiger partial charge in [-0.3, -0.25) is 9.59 Å². The van der Waals surface area contributed by atoms with Crippen molar-refractivity contribution in [2.75, 3.05) is 0 Å². The summed E-state index contributed by atoms with van der Waals surface area (Å²) < 4.78 is 6.30. The van der Waals surface area contributed by atoms with Crippen LogP contribution in [0.3, 0.4) is 0 Å². The number of hydrogen-bond donors (Lipinski definition) is 0. The van der Waals surface area contributed by atoms with E-state index in [-0.39, 0.29) is 23.5 Å². The third-order valence-corrected chi connectivity index (χ3v) is 9.67. The minimum atomic E-state index is -1.000. The largest absolute Gasteiger partial charge is 0.454 e. The van der Waals surface area contributed by atoms with Gasteiger partial charge < -0.3 is 4.74 Å². The zero-order valence-electron chi connectivity index (χ0n) is 23.2. The number of carbonyl (C=O) groups excluding carboxylic acids is 3. The van der Waals surface area contributed by atoms with Crippen LogP contribution in [0.25, 0.3) is 0 Å². The van der Waals surface area contributed by atoms with Gasteiger partial charge in [-0.1, -0.05) is 116 Å². The summed E-state index contributed by atoms with van der Waals surface area (Å²) in [6, 6.07) is 37.9.